The van der Waals surface area contributed by atoms with E-state index in [2.05, 4.69) is 19.2 Å². The van der Waals surface area contributed by atoms with Gasteiger partial charge in [0, 0.05) is 12.6 Å². The fourth-order valence-electron chi connectivity index (χ4n) is 1.49. The second kappa shape index (κ2) is 5.61. The lowest BCUT2D eigenvalue weighted by atomic mass is 10.0. The van der Waals surface area contributed by atoms with Crippen LogP contribution in [0.25, 0.3) is 0 Å². The lowest BCUT2D eigenvalue weighted by Crippen LogP contribution is -2.39. The molecule has 1 aliphatic carbocycles. The zero-order valence-corrected chi connectivity index (χ0v) is 9.05. The number of nitrogens with two attached hydrogens (primary N) is 1. The van der Waals surface area contributed by atoms with Crippen molar-refractivity contribution in [2.45, 2.75) is 45.6 Å². The standard InChI is InChI=1S/C11H24N2/c1-3-9(2)11(12)8-13-7-6-10-4-5-10/h9-11,13H,3-8,12H2,1-2H3. The highest BCUT2D eigenvalue weighted by molar-refractivity contribution is 4.75. The highest BCUT2D eigenvalue weighted by Gasteiger charge is 2.20. The monoisotopic (exact) mass is 184 g/mol. The average Bonchev–Trinajstić information content (AvgIpc) is 2.94. The molecule has 3 N–H and O–H groups in total. The molecule has 0 aliphatic heterocycles. The van der Waals surface area contributed by atoms with Crippen LogP contribution in [0.3, 0.4) is 0 Å². The van der Waals surface area contributed by atoms with Crippen LogP contribution in [0.2, 0.25) is 0 Å². The Balaban J connectivity index is 1.90. The summed E-state index contributed by atoms with van der Waals surface area (Å²) in [7, 11) is 0. The van der Waals surface area contributed by atoms with Crippen molar-refractivity contribution in [3.05, 3.63) is 0 Å². The molecule has 78 valence electrons. The second-order valence-electron chi connectivity index (χ2n) is 4.49. The van der Waals surface area contributed by atoms with Gasteiger partial charge in [0.05, 0.1) is 0 Å². The van der Waals surface area contributed by atoms with Gasteiger partial charge in [-0.1, -0.05) is 33.1 Å². The van der Waals surface area contributed by atoms with Gasteiger partial charge in [0.1, 0.15) is 0 Å². The third-order valence-corrected chi connectivity index (χ3v) is 3.18. The summed E-state index contributed by atoms with van der Waals surface area (Å²) in [5.41, 5.74) is 6.00. The maximum atomic E-state index is 6.00. The van der Waals surface area contributed by atoms with Gasteiger partial charge in [0.25, 0.3) is 0 Å². The molecular formula is C11H24N2. The number of hydrogen-bond donors (Lipinski definition) is 2. The first-order valence-electron chi connectivity index (χ1n) is 5.70. The minimum Gasteiger partial charge on any atom is -0.326 e. The predicted molar refractivity (Wildman–Crippen MR) is 57.6 cm³/mol. The fraction of sp³-hybridized carbons (Fsp3) is 1.00. The van der Waals surface area contributed by atoms with E-state index in [9.17, 15) is 0 Å². The van der Waals surface area contributed by atoms with Crippen molar-refractivity contribution >= 4 is 0 Å². The summed E-state index contributed by atoms with van der Waals surface area (Å²) in [4.78, 5) is 0. The van der Waals surface area contributed by atoms with Gasteiger partial charge < -0.3 is 11.1 Å². The van der Waals surface area contributed by atoms with Crippen LogP contribution in [0.4, 0.5) is 0 Å². The van der Waals surface area contributed by atoms with Crippen LogP contribution in [-0.4, -0.2) is 19.1 Å². The molecule has 0 aromatic rings. The van der Waals surface area contributed by atoms with Crippen LogP contribution in [0, 0.1) is 11.8 Å². The summed E-state index contributed by atoms with van der Waals surface area (Å²) in [5, 5.41) is 3.45. The smallest absolute Gasteiger partial charge is 0.0191 e. The van der Waals surface area contributed by atoms with Crippen LogP contribution in [0.5, 0.6) is 0 Å². The number of nitrogens with one attached hydrogen (secondary N) is 1. The van der Waals surface area contributed by atoms with E-state index in [-0.39, 0.29) is 0 Å². The lowest BCUT2D eigenvalue weighted by molar-refractivity contribution is 0.416. The largest absolute Gasteiger partial charge is 0.326 e. The van der Waals surface area contributed by atoms with E-state index >= 15 is 0 Å². The van der Waals surface area contributed by atoms with E-state index < -0.39 is 0 Å². The maximum Gasteiger partial charge on any atom is 0.0191 e. The van der Waals surface area contributed by atoms with Crippen molar-refractivity contribution < 1.29 is 0 Å². The Bertz CT molecular complexity index is 132. The molecule has 13 heavy (non-hydrogen) atoms. The molecular weight excluding hydrogens is 160 g/mol. The molecule has 0 radical (unpaired) electrons. The fourth-order valence-corrected chi connectivity index (χ4v) is 1.49. The van der Waals surface area contributed by atoms with Crippen molar-refractivity contribution in [1.29, 1.82) is 0 Å². The molecule has 1 rings (SSSR count). The van der Waals surface area contributed by atoms with Gasteiger partial charge in [-0.05, 0) is 24.8 Å². The molecule has 2 atom stereocenters. The molecule has 0 saturated heterocycles. The third kappa shape index (κ3) is 4.63. The van der Waals surface area contributed by atoms with E-state index in [0.717, 1.165) is 19.0 Å². The summed E-state index contributed by atoms with van der Waals surface area (Å²) in [6, 6.07) is 0.337. The lowest BCUT2D eigenvalue weighted by Gasteiger charge is -2.18. The van der Waals surface area contributed by atoms with Crippen molar-refractivity contribution in [2.75, 3.05) is 13.1 Å². The third-order valence-electron chi connectivity index (χ3n) is 3.18. The Labute approximate surface area is 82.3 Å². The normalized spacial score (nSPS) is 21.5. The first kappa shape index (κ1) is 11.0. The van der Waals surface area contributed by atoms with Crippen molar-refractivity contribution in [3.8, 4) is 0 Å². The molecule has 1 saturated carbocycles. The Morgan fingerprint density at radius 2 is 2.15 bits per heavy atom. The van der Waals surface area contributed by atoms with Gasteiger partial charge in [0.15, 0.2) is 0 Å². The Morgan fingerprint density at radius 3 is 2.69 bits per heavy atom. The Kier molecular flexibility index (Phi) is 4.74. The van der Waals surface area contributed by atoms with Crippen molar-refractivity contribution in [1.82, 2.24) is 5.32 Å². The van der Waals surface area contributed by atoms with Gasteiger partial charge in [0.2, 0.25) is 0 Å². The Hall–Kier alpha value is -0.0800. The van der Waals surface area contributed by atoms with Gasteiger partial charge in [-0.2, -0.15) is 0 Å². The molecule has 0 heterocycles. The van der Waals surface area contributed by atoms with E-state index in [4.69, 9.17) is 5.73 Å². The summed E-state index contributed by atoms with van der Waals surface area (Å²) in [6.45, 7) is 6.58. The van der Waals surface area contributed by atoms with Crippen LogP contribution in [-0.2, 0) is 0 Å². The molecule has 2 nitrogen and oxygen atoms in total. The molecule has 0 spiro atoms. The van der Waals surface area contributed by atoms with Crippen molar-refractivity contribution in [2.24, 2.45) is 17.6 Å². The van der Waals surface area contributed by atoms with E-state index in [0.29, 0.717) is 12.0 Å². The van der Waals surface area contributed by atoms with E-state index in [1.54, 1.807) is 0 Å². The van der Waals surface area contributed by atoms with E-state index in [1.165, 1.54) is 25.7 Å². The molecule has 0 aromatic carbocycles. The maximum absolute atomic E-state index is 6.00. The number of rotatable bonds is 7. The summed E-state index contributed by atoms with van der Waals surface area (Å²) >= 11 is 0. The first-order chi connectivity index (χ1) is 6.24. The zero-order valence-electron chi connectivity index (χ0n) is 9.05. The van der Waals surface area contributed by atoms with Crippen LogP contribution in [0.15, 0.2) is 0 Å². The minimum atomic E-state index is 0.337. The molecule has 0 aromatic heterocycles. The van der Waals surface area contributed by atoms with E-state index in [1.807, 2.05) is 0 Å². The summed E-state index contributed by atoms with van der Waals surface area (Å²) in [5.74, 6) is 1.68. The Morgan fingerprint density at radius 1 is 1.46 bits per heavy atom. The second-order valence-corrected chi connectivity index (χ2v) is 4.49. The van der Waals surface area contributed by atoms with Crippen LogP contribution >= 0.6 is 0 Å². The topological polar surface area (TPSA) is 38.0 Å². The van der Waals surface area contributed by atoms with Crippen LogP contribution in [0.1, 0.15) is 39.5 Å². The zero-order chi connectivity index (χ0) is 9.68. The molecule has 2 unspecified atom stereocenters. The summed E-state index contributed by atoms with van der Waals surface area (Å²) < 4.78 is 0. The molecule has 0 amide bonds. The molecule has 1 aliphatic rings. The number of hydrogen-bond acceptors (Lipinski definition) is 2. The molecule has 2 heteroatoms. The SMILES string of the molecule is CCC(C)C(N)CNCCC1CC1. The summed E-state index contributed by atoms with van der Waals surface area (Å²) in [6.07, 6.45) is 5.46. The van der Waals surface area contributed by atoms with Crippen molar-refractivity contribution in [3.63, 3.8) is 0 Å². The van der Waals surface area contributed by atoms with Crippen LogP contribution < -0.4 is 11.1 Å². The highest BCUT2D eigenvalue weighted by atomic mass is 14.9. The minimum absolute atomic E-state index is 0.337. The van der Waals surface area contributed by atoms with Gasteiger partial charge in [-0.25, -0.2) is 0 Å². The van der Waals surface area contributed by atoms with Gasteiger partial charge >= 0.3 is 0 Å². The average molecular weight is 184 g/mol. The quantitative estimate of drug-likeness (QED) is 0.592. The highest BCUT2D eigenvalue weighted by Crippen LogP contribution is 2.31. The predicted octanol–water partition coefficient (Wildman–Crippen LogP) is 1.75. The van der Waals surface area contributed by atoms with Gasteiger partial charge in [-0.3, -0.25) is 0 Å². The molecule has 0 bridgehead atoms. The van der Waals surface area contributed by atoms with Gasteiger partial charge in [-0.15, -0.1) is 0 Å². The molecule has 1 fully saturated rings. The first-order valence-corrected chi connectivity index (χ1v) is 5.70.